The molecule has 2 aliphatic rings. The standard InChI is InChI=1S/C26H34N4O2/c1-29(26(27)31)28-25-21(8-9-22-18-23(32-2)10-11-24(22)25)14-17-30-15-12-20(13-16-30)19-6-4-3-5-7-19/h3-7,10-11,18,20-21H,8-9,12-17H2,1-2H3,(H2,27,31)/b28-25-. The summed E-state index contributed by atoms with van der Waals surface area (Å²) in [5, 5.41) is 5.90. The second-order valence-electron chi connectivity index (χ2n) is 8.92. The number of hydrogen-bond donors (Lipinski definition) is 1. The van der Waals surface area contributed by atoms with Gasteiger partial charge in [-0.1, -0.05) is 30.3 Å². The van der Waals surface area contributed by atoms with Crippen LogP contribution in [-0.2, 0) is 6.42 Å². The van der Waals surface area contributed by atoms with Crippen LogP contribution in [0.4, 0.5) is 4.79 Å². The highest BCUT2D eigenvalue weighted by Gasteiger charge is 2.28. The first-order chi connectivity index (χ1) is 15.5. The highest BCUT2D eigenvalue weighted by Crippen LogP contribution is 2.32. The Morgan fingerprint density at radius 2 is 1.91 bits per heavy atom. The molecule has 1 atom stereocenters. The highest BCUT2D eigenvalue weighted by molar-refractivity contribution is 6.04. The van der Waals surface area contributed by atoms with Gasteiger partial charge in [-0.05, 0) is 87.0 Å². The highest BCUT2D eigenvalue weighted by atomic mass is 16.5. The first kappa shape index (κ1) is 22.3. The maximum absolute atomic E-state index is 11.7. The first-order valence-electron chi connectivity index (χ1n) is 11.6. The molecule has 4 rings (SSSR count). The number of hydrogen-bond acceptors (Lipinski definition) is 4. The van der Waals surface area contributed by atoms with Crippen molar-refractivity contribution in [1.29, 1.82) is 0 Å². The van der Waals surface area contributed by atoms with E-state index in [9.17, 15) is 4.79 Å². The van der Waals surface area contributed by atoms with Crippen LogP contribution in [0, 0.1) is 5.92 Å². The number of carbonyl (C=O) groups excluding carboxylic acids is 1. The lowest BCUT2D eigenvalue weighted by molar-refractivity contribution is 0.203. The molecule has 2 N–H and O–H groups in total. The summed E-state index contributed by atoms with van der Waals surface area (Å²) < 4.78 is 5.40. The SMILES string of the molecule is COc1ccc2c(c1)CCC(CCN1CCC(c3ccccc3)CC1)/C2=N/N(C)C(N)=O. The number of piperidine rings is 1. The lowest BCUT2D eigenvalue weighted by Gasteiger charge is -2.34. The van der Waals surface area contributed by atoms with E-state index in [1.54, 1.807) is 14.2 Å². The molecule has 0 radical (unpaired) electrons. The second-order valence-corrected chi connectivity index (χ2v) is 8.92. The molecule has 6 heteroatoms. The van der Waals surface area contributed by atoms with Crippen molar-refractivity contribution in [1.82, 2.24) is 9.91 Å². The van der Waals surface area contributed by atoms with Crippen molar-refractivity contribution in [2.45, 2.75) is 38.0 Å². The molecule has 1 saturated heterocycles. The summed E-state index contributed by atoms with van der Waals surface area (Å²) in [5.74, 6) is 1.83. The zero-order chi connectivity index (χ0) is 22.5. The molecule has 1 fully saturated rings. The Hall–Kier alpha value is -2.86. The van der Waals surface area contributed by atoms with Crippen LogP contribution in [-0.4, -0.2) is 55.4 Å². The van der Waals surface area contributed by atoms with Gasteiger partial charge >= 0.3 is 6.03 Å². The molecule has 1 aliphatic carbocycles. The number of rotatable bonds is 6. The normalized spacial score (nSPS) is 20.7. The molecule has 1 unspecified atom stereocenters. The molecule has 0 aromatic heterocycles. The fourth-order valence-electron chi connectivity index (χ4n) is 5.02. The zero-order valence-electron chi connectivity index (χ0n) is 19.2. The van der Waals surface area contributed by atoms with Crippen molar-refractivity contribution in [2.75, 3.05) is 33.8 Å². The van der Waals surface area contributed by atoms with Crippen LogP contribution >= 0.6 is 0 Å². The van der Waals surface area contributed by atoms with Crippen molar-refractivity contribution >= 4 is 11.7 Å². The molecule has 0 bridgehead atoms. The fraction of sp³-hybridized carbons (Fsp3) is 0.462. The number of nitrogens with zero attached hydrogens (tertiary/aromatic N) is 3. The average molecular weight is 435 g/mol. The summed E-state index contributed by atoms with van der Waals surface area (Å²) in [6, 6.07) is 16.5. The van der Waals surface area contributed by atoms with Crippen LogP contribution in [0.3, 0.4) is 0 Å². The fourth-order valence-corrected chi connectivity index (χ4v) is 5.02. The molecule has 2 aromatic carbocycles. The van der Waals surface area contributed by atoms with E-state index in [1.807, 2.05) is 6.07 Å². The summed E-state index contributed by atoms with van der Waals surface area (Å²) in [6.07, 6.45) is 5.47. The summed E-state index contributed by atoms with van der Waals surface area (Å²) in [6.45, 7) is 3.32. The Labute approximate surface area is 191 Å². The van der Waals surface area contributed by atoms with Crippen LogP contribution in [0.25, 0.3) is 0 Å². The van der Waals surface area contributed by atoms with Gasteiger partial charge in [0.15, 0.2) is 0 Å². The van der Waals surface area contributed by atoms with Crippen LogP contribution < -0.4 is 10.5 Å². The monoisotopic (exact) mass is 434 g/mol. The van der Waals surface area contributed by atoms with E-state index >= 15 is 0 Å². The smallest absolute Gasteiger partial charge is 0.334 e. The molecule has 1 aliphatic heterocycles. The minimum atomic E-state index is -0.542. The zero-order valence-corrected chi connectivity index (χ0v) is 19.2. The first-order valence-corrected chi connectivity index (χ1v) is 11.6. The molecule has 6 nitrogen and oxygen atoms in total. The number of ether oxygens (including phenoxy) is 1. The third kappa shape index (κ3) is 5.13. The Morgan fingerprint density at radius 3 is 2.59 bits per heavy atom. The Balaban J connectivity index is 1.42. The van der Waals surface area contributed by atoms with Crippen molar-refractivity contribution in [3.05, 3.63) is 65.2 Å². The quantitative estimate of drug-likeness (QED) is 0.691. The average Bonchev–Trinajstić information content (AvgIpc) is 2.83. The van der Waals surface area contributed by atoms with Gasteiger partial charge < -0.3 is 15.4 Å². The van der Waals surface area contributed by atoms with Gasteiger partial charge in [0.2, 0.25) is 0 Å². The third-order valence-corrected chi connectivity index (χ3v) is 6.97. The minimum absolute atomic E-state index is 0.310. The van der Waals surface area contributed by atoms with Crippen molar-refractivity contribution < 1.29 is 9.53 Å². The van der Waals surface area contributed by atoms with E-state index in [4.69, 9.17) is 10.5 Å². The van der Waals surface area contributed by atoms with Crippen molar-refractivity contribution in [3.8, 4) is 5.75 Å². The van der Waals surface area contributed by atoms with Crippen LogP contribution in [0.15, 0.2) is 53.6 Å². The third-order valence-electron chi connectivity index (χ3n) is 6.97. The molecule has 32 heavy (non-hydrogen) atoms. The Bertz CT molecular complexity index is 952. The lowest BCUT2D eigenvalue weighted by Crippen LogP contribution is -2.37. The molecule has 2 aromatic rings. The van der Waals surface area contributed by atoms with Gasteiger partial charge in [0, 0.05) is 18.5 Å². The maximum Gasteiger partial charge on any atom is 0.334 e. The van der Waals surface area contributed by atoms with Crippen LogP contribution in [0.1, 0.15) is 48.3 Å². The number of hydrazone groups is 1. The van der Waals surface area contributed by atoms with Gasteiger partial charge in [0.1, 0.15) is 5.75 Å². The maximum atomic E-state index is 11.7. The van der Waals surface area contributed by atoms with E-state index in [0.29, 0.717) is 11.8 Å². The largest absolute Gasteiger partial charge is 0.497 e. The number of primary amides is 1. The van der Waals surface area contributed by atoms with E-state index in [0.717, 1.165) is 55.9 Å². The number of carbonyl (C=O) groups is 1. The summed E-state index contributed by atoms with van der Waals surface area (Å²) in [4.78, 5) is 14.2. The van der Waals surface area contributed by atoms with E-state index in [-0.39, 0.29) is 0 Å². The molecule has 1 heterocycles. The van der Waals surface area contributed by atoms with Gasteiger partial charge in [0.05, 0.1) is 12.8 Å². The second kappa shape index (κ2) is 10.2. The minimum Gasteiger partial charge on any atom is -0.497 e. The summed E-state index contributed by atoms with van der Waals surface area (Å²) >= 11 is 0. The number of aryl methyl sites for hydroxylation is 1. The van der Waals surface area contributed by atoms with Gasteiger partial charge in [-0.3, -0.25) is 0 Å². The number of amides is 2. The van der Waals surface area contributed by atoms with E-state index < -0.39 is 6.03 Å². The summed E-state index contributed by atoms with van der Waals surface area (Å²) in [7, 11) is 3.31. The van der Waals surface area contributed by atoms with Gasteiger partial charge in [0.25, 0.3) is 0 Å². The lowest BCUT2D eigenvalue weighted by atomic mass is 9.80. The predicted molar refractivity (Wildman–Crippen MR) is 128 cm³/mol. The molecule has 2 amide bonds. The van der Waals surface area contributed by atoms with Crippen molar-refractivity contribution in [3.63, 3.8) is 0 Å². The number of methoxy groups -OCH3 is 1. The van der Waals surface area contributed by atoms with Crippen molar-refractivity contribution in [2.24, 2.45) is 16.8 Å². The van der Waals surface area contributed by atoms with Gasteiger partial charge in [-0.2, -0.15) is 5.10 Å². The Morgan fingerprint density at radius 1 is 1.16 bits per heavy atom. The van der Waals surface area contributed by atoms with E-state index in [2.05, 4.69) is 52.5 Å². The number of nitrogens with two attached hydrogens (primary N) is 1. The van der Waals surface area contributed by atoms with E-state index in [1.165, 1.54) is 29.0 Å². The number of urea groups is 1. The number of fused-ring (bicyclic) bond motifs is 1. The Kier molecular flexibility index (Phi) is 7.10. The molecule has 0 saturated carbocycles. The van der Waals surface area contributed by atoms with Crippen LogP contribution in [0.5, 0.6) is 5.75 Å². The molecule has 0 spiro atoms. The van der Waals surface area contributed by atoms with Crippen LogP contribution in [0.2, 0.25) is 0 Å². The van der Waals surface area contributed by atoms with Gasteiger partial charge in [-0.15, -0.1) is 0 Å². The molecular formula is C26H34N4O2. The number of likely N-dealkylation sites (tertiary alicyclic amines) is 1. The number of benzene rings is 2. The topological polar surface area (TPSA) is 71.2 Å². The molecule has 170 valence electrons. The molecular weight excluding hydrogens is 400 g/mol. The summed E-state index contributed by atoms with van der Waals surface area (Å²) in [5.41, 5.74) is 10.2. The van der Waals surface area contributed by atoms with Gasteiger partial charge in [-0.25, -0.2) is 9.80 Å². The predicted octanol–water partition coefficient (Wildman–Crippen LogP) is 4.24.